The van der Waals surface area contributed by atoms with Gasteiger partial charge in [-0.3, -0.25) is 9.59 Å². The first-order valence-electron chi connectivity index (χ1n) is 7.57. The summed E-state index contributed by atoms with van der Waals surface area (Å²) >= 11 is 0. The van der Waals surface area contributed by atoms with Crippen molar-refractivity contribution >= 4 is 17.7 Å². The Balaban J connectivity index is 1.99. The summed E-state index contributed by atoms with van der Waals surface area (Å²) in [7, 11) is 0. The van der Waals surface area contributed by atoms with E-state index in [0.29, 0.717) is 11.4 Å². The molecule has 0 bridgehead atoms. The van der Waals surface area contributed by atoms with E-state index < -0.39 is 11.6 Å². The Morgan fingerprint density at radius 3 is 2.64 bits per heavy atom. The molecule has 2 heterocycles. The number of hydrogen-bond acceptors (Lipinski definition) is 5. The first-order valence-corrected chi connectivity index (χ1v) is 7.57. The molecule has 1 amide bonds. The molecule has 120 valence electrons. The van der Waals surface area contributed by atoms with Crippen LogP contribution in [0.2, 0.25) is 0 Å². The quantitative estimate of drug-likeness (QED) is 0.858. The van der Waals surface area contributed by atoms with Gasteiger partial charge in [-0.05, 0) is 45.7 Å². The molecule has 2 rings (SSSR count). The zero-order valence-corrected chi connectivity index (χ0v) is 13.4. The lowest BCUT2D eigenvalue weighted by Crippen LogP contribution is -2.35. The molecule has 6 heteroatoms. The summed E-state index contributed by atoms with van der Waals surface area (Å²) in [6.07, 6.45) is 3.89. The molecule has 1 aliphatic heterocycles. The zero-order valence-electron chi connectivity index (χ0n) is 13.4. The van der Waals surface area contributed by atoms with Crippen LogP contribution in [-0.2, 0) is 9.53 Å². The van der Waals surface area contributed by atoms with Gasteiger partial charge in [0.25, 0.3) is 5.91 Å². The molecule has 1 N–H and O–H groups in total. The van der Waals surface area contributed by atoms with Crippen LogP contribution in [0.15, 0.2) is 18.3 Å². The molecule has 0 radical (unpaired) electrons. The summed E-state index contributed by atoms with van der Waals surface area (Å²) in [6, 6.07) is 3.45. The van der Waals surface area contributed by atoms with Gasteiger partial charge in [-0.15, -0.1) is 0 Å². The molecule has 1 aromatic heterocycles. The number of anilines is 1. The van der Waals surface area contributed by atoms with E-state index in [1.54, 1.807) is 39.1 Å². The van der Waals surface area contributed by atoms with Gasteiger partial charge >= 0.3 is 5.97 Å². The largest absolute Gasteiger partial charge is 0.459 e. The fourth-order valence-corrected chi connectivity index (χ4v) is 2.38. The van der Waals surface area contributed by atoms with Crippen molar-refractivity contribution in [1.82, 2.24) is 10.3 Å². The van der Waals surface area contributed by atoms with Crippen LogP contribution in [0.3, 0.4) is 0 Å². The highest BCUT2D eigenvalue weighted by atomic mass is 16.6. The van der Waals surface area contributed by atoms with Crippen molar-refractivity contribution in [2.45, 2.75) is 39.2 Å². The fraction of sp³-hybridized carbons (Fsp3) is 0.562. The Morgan fingerprint density at radius 1 is 1.32 bits per heavy atom. The molecule has 0 unspecified atom stereocenters. The van der Waals surface area contributed by atoms with Crippen LogP contribution in [-0.4, -0.2) is 42.1 Å². The highest BCUT2D eigenvalue weighted by molar-refractivity contribution is 6.00. The van der Waals surface area contributed by atoms with Crippen molar-refractivity contribution in [1.29, 1.82) is 0 Å². The Morgan fingerprint density at radius 2 is 2.00 bits per heavy atom. The third-order valence-corrected chi connectivity index (χ3v) is 3.25. The maximum atomic E-state index is 12.3. The number of carbonyl (C=O) groups is 2. The van der Waals surface area contributed by atoms with E-state index in [4.69, 9.17) is 4.74 Å². The van der Waals surface area contributed by atoms with Crippen LogP contribution < -0.4 is 10.2 Å². The van der Waals surface area contributed by atoms with Gasteiger partial charge in [-0.25, -0.2) is 4.98 Å². The van der Waals surface area contributed by atoms with Crippen LogP contribution in [0.4, 0.5) is 5.82 Å². The van der Waals surface area contributed by atoms with Gasteiger partial charge < -0.3 is 15.0 Å². The third kappa shape index (κ3) is 4.44. The molecule has 0 aliphatic carbocycles. The van der Waals surface area contributed by atoms with Crippen LogP contribution in [0.5, 0.6) is 0 Å². The van der Waals surface area contributed by atoms with Crippen LogP contribution >= 0.6 is 0 Å². The summed E-state index contributed by atoms with van der Waals surface area (Å²) in [5.74, 6) is -0.0741. The standard InChI is InChI=1S/C16H23N3O3/c1-16(2,3)22-13(20)11-18-15(21)12-7-6-8-17-14(12)19-9-4-5-10-19/h6-8H,4-5,9-11H2,1-3H3,(H,18,21). The van der Waals surface area contributed by atoms with E-state index >= 15 is 0 Å². The van der Waals surface area contributed by atoms with Crippen LogP contribution in [0, 0.1) is 0 Å². The number of hydrogen-bond donors (Lipinski definition) is 1. The second-order valence-electron chi connectivity index (χ2n) is 6.34. The predicted octanol–water partition coefficient (Wildman–Crippen LogP) is 1.75. The SMILES string of the molecule is CC(C)(C)OC(=O)CNC(=O)c1cccnc1N1CCCC1. The van der Waals surface area contributed by atoms with Gasteiger partial charge in [-0.1, -0.05) is 0 Å². The minimum Gasteiger partial charge on any atom is -0.459 e. The van der Waals surface area contributed by atoms with Crippen molar-refractivity contribution in [3.63, 3.8) is 0 Å². The first-order chi connectivity index (χ1) is 10.4. The lowest BCUT2D eigenvalue weighted by molar-refractivity contribution is -0.153. The Labute approximate surface area is 130 Å². The van der Waals surface area contributed by atoms with Crippen LogP contribution in [0.1, 0.15) is 44.0 Å². The zero-order chi connectivity index (χ0) is 16.2. The number of pyridine rings is 1. The van der Waals surface area contributed by atoms with E-state index in [-0.39, 0.29) is 12.5 Å². The summed E-state index contributed by atoms with van der Waals surface area (Å²) in [4.78, 5) is 30.4. The number of ether oxygens (including phenoxy) is 1. The van der Waals surface area contributed by atoms with Gasteiger partial charge in [0.1, 0.15) is 18.0 Å². The van der Waals surface area contributed by atoms with Crippen molar-refractivity contribution in [2.24, 2.45) is 0 Å². The molecular weight excluding hydrogens is 282 g/mol. The molecule has 1 fully saturated rings. The van der Waals surface area contributed by atoms with E-state index in [0.717, 1.165) is 25.9 Å². The number of nitrogens with one attached hydrogen (secondary N) is 1. The molecule has 1 aromatic rings. The first kappa shape index (κ1) is 16.3. The molecule has 6 nitrogen and oxygen atoms in total. The van der Waals surface area contributed by atoms with E-state index in [1.165, 1.54) is 0 Å². The summed E-state index contributed by atoms with van der Waals surface area (Å²) in [5.41, 5.74) is -0.0652. The average molecular weight is 305 g/mol. The fourth-order valence-electron chi connectivity index (χ4n) is 2.38. The highest BCUT2D eigenvalue weighted by Crippen LogP contribution is 2.21. The molecule has 0 saturated carbocycles. The van der Waals surface area contributed by atoms with Crippen molar-refractivity contribution in [3.8, 4) is 0 Å². The normalized spacial score (nSPS) is 14.8. The monoisotopic (exact) mass is 305 g/mol. The predicted molar refractivity (Wildman–Crippen MR) is 83.9 cm³/mol. The molecule has 1 aliphatic rings. The number of aromatic nitrogens is 1. The molecule has 0 spiro atoms. The van der Waals surface area contributed by atoms with Crippen molar-refractivity contribution < 1.29 is 14.3 Å². The number of nitrogens with zero attached hydrogens (tertiary/aromatic N) is 2. The number of carbonyl (C=O) groups excluding carboxylic acids is 2. The van der Waals surface area contributed by atoms with Gasteiger partial charge in [-0.2, -0.15) is 0 Å². The maximum absolute atomic E-state index is 12.3. The van der Waals surface area contributed by atoms with Crippen LogP contribution in [0.25, 0.3) is 0 Å². The molecule has 22 heavy (non-hydrogen) atoms. The van der Waals surface area contributed by atoms with Gasteiger partial charge in [0.15, 0.2) is 0 Å². The van der Waals surface area contributed by atoms with Gasteiger partial charge in [0, 0.05) is 19.3 Å². The van der Waals surface area contributed by atoms with Crippen molar-refractivity contribution in [3.05, 3.63) is 23.9 Å². The summed E-state index contributed by atoms with van der Waals surface area (Å²) in [5, 5.41) is 2.61. The Bertz CT molecular complexity index is 546. The average Bonchev–Trinajstić information content (AvgIpc) is 2.97. The Hall–Kier alpha value is -2.11. The topological polar surface area (TPSA) is 71.5 Å². The molecular formula is C16H23N3O3. The number of amides is 1. The minimum absolute atomic E-state index is 0.148. The number of esters is 1. The smallest absolute Gasteiger partial charge is 0.325 e. The summed E-state index contributed by atoms with van der Waals surface area (Å²) < 4.78 is 5.17. The van der Waals surface area contributed by atoms with Gasteiger partial charge in [0.2, 0.25) is 0 Å². The third-order valence-electron chi connectivity index (χ3n) is 3.25. The highest BCUT2D eigenvalue weighted by Gasteiger charge is 2.22. The lowest BCUT2D eigenvalue weighted by Gasteiger charge is -2.21. The van der Waals surface area contributed by atoms with E-state index in [2.05, 4.69) is 15.2 Å². The number of rotatable bonds is 4. The Kier molecular flexibility index (Phi) is 5.00. The molecule has 0 aromatic carbocycles. The maximum Gasteiger partial charge on any atom is 0.325 e. The van der Waals surface area contributed by atoms with Gasteiger partial charge in [0.05, 0.1) is 5.56 Å². The summed E-state index contributed by atoms with van der Waals surface area (Å²) in [6.45, 7) is 7.04. The minimum atomic E-state index is -0.559. The second kappa shape index (κ2) is 6.77. The second-order valence-corrected chi connectivity index (χ2v) is 6.34. The molecule has 1 saturated heterocycles. The van der Waals surface area contributed by atoms with E-state index in [9.17, 15) is 9.59 Å². The van der Waals surface area contributed by atoms with Crippen molar-refractivity contribution in [2.75, 3.05) is 24.5 Å². The lowest BCUT2D eigenvalue weighted by atomic mass is 10.2. The van der Waals surface area contributed by atoms with E-state index in [1.807, 2.05) is 0 Å². The molecule has 0 atom stereocenters.